The fourth-order valence-electron chi connectivity index (χ4n) is 2.92. The van der Waals surface area contributed by atoms with Gasteiger partial charge in [-0.3, -0.25) is 0 Å². The Morgan fingerprint density at radius 3 is 2.31 bits per heavy atom. The number of aromatic nitrogens is 2. The van der Waals surface area contributed by atoms with Gasteiger partial charge in [0, 0.05) is 37.9 Å². The molecule has 1 fully saturated rings. The molecular weight excluding hydrogens is 370 g/mol. The lowest BCUT2D eigenvalue weighted by molar-refractivity contribution is 0.0240. The van der Waals surface area contributed by atoms with Crippen LogP contribution in [-0.2, 0) is 4.74 Å². The number of amides is 1. The second-order valence-corrected chi connectivity index (χ2v) is 8.04. The number of nitrogens with one attached hydrogen (secondary N) is 1. The van der Waals surface area contributed by atoms with Crippen LogP contribution in [0.3, 0.4) is 0 Å². The number of hydrogen-bond donors (Lipinski definition) is 1. The van der Waals surface area contributed by atoms with Gasteiger partial charge in [0.25, 0.3) is 0 Å². The molecule has 8 heteroatoms. The van der Waals surface area contributed by atoms with Crippen molar-refractivity contribution in [3.63, 3.8) is 0 Å². The highest BCUT2D eigenvalue weighted by molar-refractivity contribution is 5.68. The predicted octanol–water partition coefficient (Wildman–Crippen LogP) is 3.59. The van der Waals surface area contributed by atoms with Crippen molar-refractivity contribution in [2.24, 2.45) is 0 Å². The molecule has 0 bridgehead atoms. The van der Waals surface area contributed by atoms with E-state index < -0.39 is 5.60 Å². The van der Waals surface area contributed by atoms with Crippen molar-refractivity contribution in [2.75, 3.05) is 43.5 Å². The normalized spacial score (nSPS) is 14.5. The molecule has 0 radical (unpaired) electrons. The highest BCUT2D eigenvalue weighted by Crippen LogP contribution is 2.23. The highest BCUT2D eigenvalue weighted by Gasteiger charge is 2.27. The van der Waals surface area contributed by atoms with E-state index in [1.165, 1.54) is 5.56 Å². The summed E-state index contributed by atoms with van der Waals surface area (Å²) in [5.41, 5.74) is 1.64. The molecule has 0 spiro atoms. The van der Waals surface area contributed by atoms with Gasteiger partial charge in [-0.2, -0.15) is 9.97 Å². The Morgan fingerprint density at radius 2 is 1.72 bits per heavy atom. The zero-order chi connectivity index (χ0) is 21.0. The van der Waals surface area contributed by atoms with Crippen molar-refractivity contribution >= 4 is 23.5 Å². The molecule has 29 heavy (non-hydrogen) atoms. The second-order valence-electron chi connectivity index (χ2n) is 8.04. The predicted molar refractivity (Wildman–Crippen MR) is 113 cm³/mol. The van der Waals surface area contributed by atoms with Crippen LogP contribution in [0.5, 0.6) is 5.88 Å². The van der Waals surface area contributed by atoms with Crippen molar-refractivity contribution in [1.82, 2.24) is 14.9 Å². The van der Waals surface area contributed by atoms with Crippen LogP contribution in [0.4, 0.5) is 22.2 Å². The summed E-state index contributed by atoms with van der Waals surface area (Å²) in [6.45, 7) is 10.0. The number of carbonyl (C=O) groups excluding carboxylic acids is 1. The van der Waals surface area contributed by atoms with E-state index >= 15 is 0 Å². The summed E-state index contributed by atoms with van der Waals surface area (Å²) in [6.07, 6.45) is -0.287. The molecule has 2 aromatic rings. The SMILES string of the molecule is COc1cc(Nc2ccc(C)cc2)nc(N2CCN(C(=O)OC(C)(C)C)CC2)n1. The Kier molecular flexibility index (Phi) is 6.10. The topological polar surface area (TPSA) is 79.8 Å². The molecule has 1 N–H and O–H groups in total. The third-order valence-corrected chi connectivity index (χ3v) is 4.44. The van der Waals surface area contributed by atoms with Crippen molar-refractivity contribution in [3.05, 3.63) is 35.9 Å². The van der Waals surface area contributed by atoms with Crippen molar-refractivity contribution < 1.29 is 14.3 Å². The van der Waals surface area contributed by atoms with Crippen LogP contribution < -0.4 is 15.0 Å². The summed E-state index contributed by atoms with van der Waals surface area (Å²) >= 11 is 0. The standard InChI is InChI=1S/C21H29N5O3/c1-15-6-8-16(9-7-15)22-17-14-18(28-5)24-19(23-17)25-10-12-26(13-11-25)20(27)29-21(2,3)4/h6-9,14H,10-13H2,1-5H3,(H,22,23,24). The number of benzene rings is 1. The first-order chi connectivity index (χ1) is 13.7. The van der Waals surface area contributed by atoms with E-state index in [0.717, 1.165) is 5.69 Å². The van der Waals surface area contributed by atoms with E-state index in [1.807, 2.05) is 56.9 Å². The molecule has 1 amide bonds. The smallest absolute Gasteiger partial charge is 0.410 e. The first-order valence-corrected chi connectivity index (χ1v) is 9.73. The highest BCUT2D eigenvalue weighted by atomic mass is 16.6. The Bertz CT molecular complexity index is 840. The zero-order valence-electron chi connectivity index (χ0n) is 17.7. The number of piperazine rings is 1. The number of methoxy groups -OCH3 is 1. The molecular formula is C21H29N5O3. The fourth-order valence-corrected chi connectivity index (χ4v) is 2.92. The summed E-state index contributed by atoms with van der Waals surface area (Å²) < 4.78 is 10.8. The van der Waals surface area contributed by atoms with Gasteiger partial charge in [-0.25, -0.2) is 4.79 Å². The maximum absolute atomic E-state index is 12.3. The molecule has 156 valence electrons. The van der Waals surface area contributed by atoms with Gasteiger partial charge in [0.2, 0.25) is 11.8 Å². The molecule has 8 nitrogen and oxygen atoms in total. The number of nitrogens with zero attached hydrogens (tertiary/aromatic N) is 4. The maximum atomic E-state index is 12.3. The Hall–Kier alpha value is -3.03. The third kappa shape index (κ3) is 5.73. The van der Waals surface area contributed by atoms with Gasteiger partial charge in [0.1, 0.15) is 11.4 Å². The van der Waals surface area contributed by atoms with Crippen LogP contribution in [0.25, 0.3) is 0 Å². The van der Waals surface area contributed by atoms with E-state index in [0.29, 0.717) is 43.8 Å². The molecule has 1 saturated heterocycles. The minimum Gasteiger partial charge on any atom is -0.481 e. The van der Waals surface area contributed by atoms with Crippen LogP contribution >= 0.6 is 0 Å². The lowest BCUT2D eigenvalue weighted by atomic mass is 10.2. The lowest BCUT2D eigenvalue weighted by Gasteiger charge is -2.35. The maximum Gasteiger partial charge on any atom is 0.410 e. The van der Waals surface area contributed by atoms with Gasteiger partial charge in [0.05, 0.1) is 7.11 Å². The quantitative estimate of drug-likeness (QED) is 0.841. The Morgan fingerprint density at radius 1 is 1.07 bits per heavy atom. The van der Waals surface area contributed by atoms with E-state index in [4.69, 9.17) is 9.47 Å². The summed E-state index contributed by atoms with van der Waals surface area (Å²) in [6, 6.07) is 9.85. The van der Waals surface area contributed by atoms with Crippen LogP contribution in [0.1, 0.15) is 26.3 Å². The van der Waals surface area contributed by atoms with Crippen LogP contribution in [-0.4, -0.2) is 59.9 Å². The average Bonchev–Trinajstić information content (AvgIpc) is 2.68. The van der Waals surface area contributed by atoms with Crippen molar-refractivity contribution in [2.45, 2.75) is 33.3 Å². The van der Waals surface area contributed by atoms with Gasteiger partial charge in [-0.05, 0) is 39.8 Å². The minimum absolute atomic E-state index is 0.287. The first kappa shape index (κ1) is 20.7. The van der Waals surface area contributed by atoms with Crippen molar-refractivity contribution in [1.29, 1.82) is 0 Å². The summed E-state index contributed by atoms with van der Waals surface area (Å²) in [5.74, 6) is 1.72. The molecule has 2 heterocycles. The van der Waals surface area contributed by atoms with E-state index in [-0.39, 0.29) is 6.09 Å². The van der Waals surface area contributed by atoms with Crippen LogP contribution in [0, 0.1) is 6.92 Å². The molecule has 0 unspecified atom stereocenters. The number of rotatable bonds is 4. The first-order valence-electron chi connectivity index (χ1n) is 9.73. The largest absolute Gasteiger partial charge is 0.481 e. The number of aryl methyl sites for hydroxylation is 1. The van der Waals surface area contributed by atoms with Gasteiger partial charge in [0.15, 0.2) is 0 Å². The molecule has 1 aliphatic rings. The van der Waals surface area contributed by atoms with Gasteiger partial charge < -0.3 is 24.6 Å². The second kappa shape index (κ2) is 8.55. The molecule has 0 aliphatic carbocycles. The van der Waals surface area contributed by atoms with Gasteiger partial charge >= 0.3 is 6.09 Å². The monoisotopic (exact) mass is 399 g/mol. The van der Waals surface area contributed by atoms with Crippen LogP contribution in [0.15, 0.2) is 30.3 Å². The molecule has 1 aliphatic heterocycles. The Balaban J connectivity index is 1.69. The minimum atomic E-state index is -0.499. The summed E-state index contributed by atoms with van der Waals surface area (Å²) in [5, 5.41) is 3.30. The molecule has 3 rings (SSSR count). The number of anilines is 3. The van der Waals surface area contributed by atoms with E-state index in [9.17, 15) is 4.79 Å². The molecule has 0 atom stereocenters. The van der Waals surface area contributed by atoms with Gasteiger partial charge in [-0.15, -0.1) is 0 Å². The molecule has 1 aromatic heterocycles. The van der Waals surface area contributed by atoms with Crippen molar-refractivity contribution in [3.8, 4) is 5.88 Å². The summed E-state index contributed by atoms with van der Waals surface area (Å²) in [7, 11) is 1.59. The zero-order valence-corrected chi connectivity index (χ0v) is 17.7. The number of ether oxygens (including phenoxy) is 2. The van der Waals surface area contributed by atoms with Gasteiger partial charge in [-0.1, -0.05) is 17.7 Å². The molecule has 1 aromatic carbocycles. The van der Waals surface area contributed by atoms with Crippen LogP contribution in [0.2, 0.25) is 0 Å². The summed E-state index contributed by atoms with van der Waals surface area (Å²) in [4.78, 5) is 25.1. The number of hydrogen-bond acceptors (Lipinski definition) is 7. The fraction of sp³-hybridized carbons (Fsp3) is 0.476. The lowest BCUT2D eigenvalue weighted by Crippen LogP contribution is -2.50. The molecule has 0 saturated carbocycles. The Labute approximate surface area is 171 Å². The average molecular weight is 399 g/mol. The van der Waals surface area contributed by atoms with E-state index in [2.05, 4.69) is 15.3 Å². The van der Waals surface area contributed by atoms with E-state index in [1.54, 1.807) is 18.1 Å². The number of carbonyl (C=O) groups is 1. The third-order valence-electron chi connectivity index (χ3n) is 4.44.